The summed E-state index contributed by atoms with van der Waals surface area (Å²) in [5.74, 6) is 0.558. The van der Waals surface area contributed by atoms with E-state index in [1.165, 1.54) is 0 Å². The molecule has 0 aliphatic carbocycles. The van der Waals surface area contributed by atoms with Crippen LogP contribution in [0.2, 0.25) is 0 Å². The predicted octanol–water partition coefficient (Wildman–Crippen LogP) is 2.48. The molecule has 9 heteroatoms. The molecule has 0 aromatic heterocycles. The van der Waals surface area contributed by atoms with Crippen molar-refractivity contribution < 1.29 is 23.9 Å². The molecule has 2 aromatic carbocycles. The minimum absolute atomic E-state index is 0.0451. The summed E-state index contributed by atoms with van der Waals surface area (Å²) in [5.41, 5.74) is 3.09. The van der Waals surface area contributed by atoms with Crippen molar-refractivity contribution in [2.45, 2.75) is 37.8 Å². The van der Waals surface area contributed by atoms with Crippen molar-refractivity contribution in [2.24, 2.45) is 0 Å². The number of benzene rings is 2. The molecule has 3 aliphatic heterocycles. The fourth-order valence-corrected chi connectivity index (χ4v) is 5.04. The monoisotopic (exact) mass is 464 g/mol. The van der Waals surface area contributed by atoms with Gasteiger partial charge in [0.1, 0.15) is 18.8 Å². The van der Waals surface area contributed by atoms with Crippen LogP contribution in [0.1, 0.15) is 43.4 Å². The van der Waals surface area contributed by atoms with Gasteiger partial charge < -0.3 is 14.8 Å². The summed E-state index contributed by atoms with van der Waals surface area (Å²) in [5, 5.41) is 3.59. The molecule has 5 rings (SSSR count). The summed E-state index contributed by atoms with van der Waals surface area (Å²) in [6, 6.07) is 14.4. The molecule has 0 spiro atoms. The number of hydrogen-bond acceptors (Lipinski definition) is 6. The second kappa shape index (κ2) is 8.98. The maximum atomic E-state index is 13.3. The number of ether oxygens (including phenoxy) is 2. The van der Waals surface area contributed by atoms with Crippen molar-refractivity contribution in [1.29, 1.82) is 0 Å². The van der Waals surface area contributed by atoms with Gasteiger partial charge >= 0.3 is 6.03 Å². The number of fused-ring (bicyclic) bond motifs is 1. The predicted molar refractivity (Wildman–Crippen MR) is 123 cm³/mol. The van der Waals surface area contributed by atoms with E-state index in [1.54, 1.807) is 12.1 Å². The van der Waals surface area contributed by atoms with Crippen molar-refractivity contribution in [1.82, 2.24) is 20.7 Å². The molecule has 0 saturated carbocycles. The first-order valence-electron chi connectivity index (χ1n) is 11.7. The molecule has 4 amide bonds. The van der Waals surface area contributed by atoms with E-state index in [0.29, 0.717) is 25.2 Å². The Labute approximate surface area is 198 Å². The molecule has 178 valence electrons. The van der Waals surface area contributed by atoms with E-state index in [0.717, 1.165) is 41.5 Å². The van der Waals surface area contributed by atoms with E-state index >= 15 is 0 Å². The van der Waals surface area contributed by atoms with E-state index in [-0.39, 0.29) is 12.6 Å². The number of carbonyl (C=O) groups excluding carboxylic acids is 3. The quantitative estimate of drug-likeness (QED) is 0.637. The maximum Gasteiger partial charge on any atom is 0.344 e. The van der Waals surface area contributed by atoms with Gasteiger partial charge in [0, 0.05) is 6.04 Å². The molecule has 3 aliphatic rings. The van der Waals surface area contributed by atoms with Gasteiger partial charge in [-0.3, -0.25) is 19.9 Å². The SMILES string of the molecule is CCC1(c2ccccc2)NC(=O)N(NC(=O)CN2CCCC2c2ccc3c(c2)OCCO3)C1=O. The van der Waals surface area contributed by atoms with Gasteiger partial charge in [-0.15, -0.1) is 0 Å². The van der Waals surface area contributed by atoms with Crippen LogP contribution < -0.4 is 20.2 Å². The molecule has 0 radical (unpaired) electrons. The van der Waals surface area contributed by atoms with Gasteiger partial charge in [-0.2, -0.15) is 5.01 Å². The minimum atomic E-state index is -1.19. The summed E-state index contributed by atoms with van der Waals surface area (Å²) in [6.45, 7) is 3.70. The molecule has 2 saturated heterocycles. The molecular weight excluding hydrogens is 436 g/mol. The average molecular weight is 465 g/mol. The Morgan fingerprint density at radius 3 is 2.65 bits per heavy atom. The standard InChI is InChI=1S/C25H28N4O5/c1-2-25(18-7-4-3-5-8-18)23(31)29(24(32)26-25)27-22(30)16-28-12-6-9-19(28)17-10-11-20-21(15-17)34-14-13-33-20/h3-5,7-8,10-11,15,19H,2,6,9,12-14,16H2,1H3,(H,26,32)(H,27,30). The van der Waals surface area contributed by atoms with E-state index in [2.05, 4.69) is 15.6 Å². The third kappa shape index (κ3) is 3.86. The molecule has 2 N–H and O–H groups in total. The van der Waals surface area contributed by atoms with Crippen LogP contribution in [0, 0.1) is 0 Å². The Balaban J connectivity index is 1.27. The molecule has 34 heavy (non-hydrogen) atoms. The van der Waals surface area contributed by atoms with Crippen molar-refractivity contribution in [3.05, 3.63) is 59.7 Å². The number of hydrogen-bond donors (Lipinski definition) is 2. The van der Waals surface area contributed by atoms with Crippen molar-refractivity contribution >= 4 is 17.8 Å². The number of carbonyl (C=O) groups is 3. The first-order chi connectivity index (χ1) is 16.5. The number of amides is 4. The van der Waals surface area contributed by atoms with Crippen LogP contribution in [0.3, 0.4) is 0 Å². The average Bonchev–Trinajstić information content (AvgIpc) is 3.42. The van der Waals surface area contributed by atoms with Crippen LogP contribution in [0.4, 0.5) is 4.79 Å². The largest absolute Gasteiger partial charge is 0.486 e. The summed E-state index contributed by atoms with van der Waals surface area (Å²) in [7, 11) is 0. The highest BCUT2D eigenvalue weighted by molar-refractivity contribution is 6.08. The zero-order valence-corrected chi connectivity index (χ0v) is 19.1. The highest BCUT2D eigenvalue weighted by Gasteiger charge is 2.52. The van der Waals surface area contributed by atoms with Gasteiger partial charge in [-0.05, 0) is 49.1 Å². The van der Waals surface area contributed by atoms with Crippen LogP contribution in [-0.4, -0.2) is 54.1 Å². The smallest absolute Gasteiger partial charge is 0.344 e. The number of hydrazine groups is 1. The number of rotatable bonds is 6. The Morgan fingerprint density at radius 1 is 1.12 bits per heavy atom. The molecule has 2 aromatic rings. The van der Waals surface area contributed by atoms with Crippen molar-refractivity contribution in [2.75, 3.05) is 26.3 Å². The second-order valence-electron chi connectivity index (χ2n) is 8.76. The highest BCUT2D eigenvalue weighted by Crippen LogP contribution is 2.38. The summed E-state index contributed by atoms with van der Waals surface area (Å²) >= 11 is 0. The number of nitrogens with zero attached hydrogens (tertiary/aromatic N) is 2. The third-order valence-corrected chi connectivity index (χ3v) is 6.79. The van der Waals surface area contributed by atoms with Crippen molar-refractivity contribution in [3.63, 3.8) is 0 Å². The van der Waals surface area contributed by atoms with Crippen LogP contribution in [0.15, 0.2) is 48.5 Å². The van der Waals surface area contributed by atoms with Gasteiger partial charge in [0.25, 0.3) is 11.8 Å². The lowest BCUT2D eigenvalue weighted by atomic mass is 9.87. The lowest BCUT2D eigenvalue weighted by molar-refractivity contribution is -0.140. The highest BCUT2D eigenvalue weighted by atomic mass is 16.6. The van der Waals surface area contributed by atoms with E-state index in [4.69, 9.17) is 9.47 Å². The molecule has 3 heterocycles. The van der Waals surface area contributed by atoms with Crippen LogP contribution in [-0.2, 0) is 15.1 Å². The fourth-order valence-electron chi connectivity index (χ4n) is 5.04. The molecular formula is C25H28N4O5. The van der Waals surface area contributed by atoms with Crippen LogP contribution >= 0.6 is 0 Å². The fraction of sp³-hybridized carbons (Fsp3) is 0.400. The molecule has 9 nitrogen and oxygen atoms in total. The summed E-state index contributed by atoms with van der Waals surface area (Å²) < 4.78 is 11.3. The van der Waals surface area contributed by atoms with Crippen molar-refractivity contribution in [3.8, 4) is 11.5 Å². The number of nitrogens with one attached hydrogen (secondary N) is 2. The Hall–Kier alpha value is -3.59. The maximum absolute atomic E-state index is 13.3. The molecule has 2 unspecified atom stereocenters. The van der Waals surface area contributed by atoms with E-state index in [9.17, 15) is 14.4 Å². The summed E-state index contributed by atoms with van der Waals surface area (Å²) in [4.78, 5) is 40.9. The lowest BCUT2D eigenvalue weighted by Crippen LogP contribution is -2.51. The van der Waals surface area contributed by atoms with Gasteiger partial charge in [-0.25, -0.2) is 4.79 Å². The Morgan fingerprint density at radius 2 is 1.88 bits per heavy atom. The molecule has 0 bridgehead atoms. The zero-order valence-electron chi connectivity index (χ0n) is 19.1. The van der Waals surface area contributed by atoms with Gasteiger partial charge in [0.15, 0.2) is 11.5 Å². The van der Waals surface area contributed by atoms with Gasteiger partial charge in [0.05, 0.1) is 6.54 Å². The first-order valence-corrected chi connectivity index (χ1v) is 11.7. The third-order valence-electron chi connectivity index (χ3n) is 6.79. The van der Waals surface area contributed by atoms with Crippen LogP contribution in [0.5, 0.6) is 11.5 Å². The van der Waals surface area contributed by atoms with Crippen LogP contribution in [0.25, 0.3) is 0 Å². The number of urea groups is 1. The zero-order chi connectivity index (χ0) is 23.7. The normalized spacial score (nSPS) is 24.3. The Kier molecular flexibility index (Phi) is 5.87. The first kappa shape index (κ1) is 22.2. The number of imide groups is 1. The molecule has 2 atom stereocenters. The summed E-state index contributed by atoms with van der Waals surface area (Å²) in [6.07, 6.45) is 2.22. The second-order valence-corrected chi connectivity index (χ2v) is 8.76. The Bertz CT molecular complexity index is 1110. The lowest BCUT2D eigenvalue weighted by Gasteiger charge is -2.27. The van der Waals surface area contributed by atoms with Gasteiger partial charge in [-0.1, -0.05) is 43.3 Å². The van der Waals surface area contributed by atoms with E-state index < -0.39 is 23.4 Å². The topological polar surface area (TPSA) is 100 Å². The van der Waals surface area contributed by atoms with E-state index in [1.807, 2.05) is 43.3 Å². The number of likely N-dealkylation sites (tertiary alicyclic amines) is 1. The molecule has 2 fully saturated rings. The van der Waals surface area contributed by atoms with Gasteiger partial charge in [0.2, 0.25) is 0 Å². The minimum Gasteiger partial charge on any atom is -0.486 e.